The minimum atomic E-state index is -0.173. The highest BCUT2D eigenvalue weighted by Gasteiger charge is 2.92. The van der Waals surface area contributed by atoms with Gasteiger partial charge in [0.05, 0.1) is 0 Å². The summed E-state index contributed by atoms with van der Waals surface area (Å²) >= 11 is 0. The van der Waals surface area contributed by atoms with Crippen LogP contribution in [0.1, 0.15) is 51.4 Å². The van der Waals surface area contributed by atoms with Gasteiger partial charge in [0.2, 0.25) is 0 Å². The lowest BCUT2D eigenvalue weighted by Gasteiger charge is -2.78. The Bertz CT molecular complexity index is 465. The van der Waals surface area contributed by atoms with E-state index in [0.717, 1.165) is 5.92 Å². The topological polar surface area (TPSA) is 26.3 Å². The van der Waals surface area contributed by atoms with E-state index in [1.54, 1.807) is 0 Å². The van der Waals surface area contributed by atoms with Crippen molar-refractivity contribution in [3.05, 3.63) is 12.7 Å². The number of carbonyl (C=O) groups is 1. The van der Waals surface area contributed by atoms with Gasteiger partial charge in [0.15, 0.2) is 0 Å². The summed E-state index contributed by atoms with van der Waals surface area (Å²) in [4.78, 5) is 11.9. The smallest absolute Gasteiger partial charge is 0.330 e. The zero-order valence-electron chi connectivity index (χ0n) is 11.5. The van der Waals surface area contributed by atoms with Crippen LogP contribution in [0.15, 0.2) is 12.7 Å². The van der Waals surface area contributed by atoms with Gasteiger partial charge in [-0.25, -0.2) is 4.79 Å². The molecule has 2 spiro atoms. The fourth-order valence-electron chi connectivity index (χ4n) is 7.93. The molecular weight excluding hydrogens is 236 g/mol. The molecule has 0 heterocycles. The van der Waals surface area contributed by atoms with Gasteiger partial charge < -0.3 is 4.74 Å². The molecule has 2 heteroatoms. The highest BCUT2D eigenvalue weighted by molar-refractivity contribution is 5.82. The first kappa shape index (κ1) is 10.9. The number of hydrogen-bond acceptors (Lipinski definition) is 2. The van der Waals surface area contributed by atoms with Gasteiger partial charge in [-0.2, -0.15) is 0 Å². The Morgan fingerprint density at radius 2 is 1.63 bits per heavy atom. The lowest BCUT2D eigenvalue weighted by molar-refractivity contribution is -0.367. The lowest BCUT2D eigenvalue weighted by Crippen LogP contribution is -2.82. The van der Waals surface area contributed by atoms with E-state index in [1.165, 1.54) is 57.4 Å². The molecule has 5 aliphatic carbocycles. The summed E-state index contributed by atoms with van der Waals surface area (Å²) in [5, 5.41) is 0. The molecule has 0 aromatic carbocycles. The second-order valence-corrected chi connectivity index (χ2v) is 7.77. The van der Waals surface area contributed by atoms with E-state index < -0.39 is 0 Å². The molecule has 0 saturated heterocycles. The van der Waals surface area contributed by atoms with E-state index in [2.05, 4.69) is 6.58 Å². The number of carbonyl (C=O) groups excluding carboxylic acids is 1. The minimum Gasteiger partial charge on any atom is -0.455 e. The first-order valence-electron chi connectivity index (χ1n) is 8.06. The monoisotopic (exact) mass is 258 g/mol. The molecule has 102 valence electrons. The molecule has 5 saturated carbocycles. The van der Waals surface area contributed by atoms with Crippen molar-refractivity contribution in [2.24, 2.45) is 28.6 Å². The van der Waals surface area contributed by atoms with Crippen molar-refractivity contribution in [2.45, 2.75) is 57.0 Å². The number of ether oxygens (including phenoxy) is 1. The van der Waals surface area contributed by atoms with Gasteiger partial charge in [-0.15, -0.1) is 0 Å². The molecule has 5 rings (SSSR count). The maximum absolute atomic E-state index is 11.9. The molecule has 0 radical (unpaired) electrons. The SMILES string of the molecule is C=CC(=O)OC12C3CCCC34CCC3(CCCC31)C42. The molecule has 0 amide bonds. The molecule has 5 fully saturated rings. The van der Waals surface area contributed by atoms with Gasteiger partial charge in [-0.05, 0) is 49.4 Å². The third-order valence-corrected chi connectivity index (χ3v) is 7.85. The Morgan fingerprint density at radius 1 is 1.05 bits per heavy atom. The number of fused-ring (bicyclic) bond motifs is 2. The van der Waals surface area contributed by atoms with Crippen molar-refractivity contribution in [2.75, 3.05) is 0 Å². The summed E-state index contributed by atoms with van der Waals surface area (Å²) in [6, 6.07) is 0. The molecule has 2 nitrogen and oxygen atoms in total. The second-order valence-electron chi connectivity index (χ2n) is 7.77. The van der Waals surface area contributed by atoms with Gasteiger partial charge in [-0.3, -0.25) is 0 Å². The predicted octanol–water partition coefficient (Wildman–Crippen LogP) is 3.46. The van der Waals surface area contributed by atoms with Gasteiger partial charge >= 0.3 is 5.97 Å². The molecule has 0 bridgehead atoms. The molecule has 0 aromatic rings. The van der Waals surface area contributed by atoms with Crippen LogP contribution in [-0.2, 0) is 9.53 Å². The third kappa shape index (κ3) is 0.831. The molecule has 19 heavy (non-hydrogen) atoms. The highest BCUT2D eigenvalue weighted by atomic mass is 16.6. The first-order chi connectivity index (χ1) is 9.21. The van der Waals surface area contributed by atoms with E-state index in [-0.39, 0.29) is 11.6 Å². The van der Waals surface area contributed by atoms with Gasteiger partial charge in [0.25, 0.3) is 0 Å². The lowest BCUT2D eigenvalue weighted by atomic mass is 9.29. The Morgan fingerprint density at radius 3 is 2.16 bits per heavy atom. The quantitative estimate of drug-likeness (QED) is 0.560. The second kappa shape index (κ2) is 2.94. The summed E-state index contributed by atoms with van der Waals surface area (Å²) in [6.07, 6.45) is 12.3. The zero-order valence-corrected chi connectivity index (χ0v) is 11.5. The van der Waals surface area contributed by atoms with Crippen LogP contribution >= 0.6 is 0 Å². The van der Waals surface area contributed by atoms with Crippen molar-refractivity contribution >= 4 is 5.97 Å². The van der Waals surface area contributed by atoms with Crippen molar-refractivity contribution in [1.29, 1.82) is 0 Å². The molecule has 0 aliphatic heterocycles. The van der Waals surface area contributed by atoms with E-state index in [0.29, 0.717) is 22.7 Å². The summed E-state index contributed by atoms with van der Waals surface area (Å²) in [5.74, 6) is 1.92. The predicted molar refractivity (Wildman–Crippen MR) is 71.3 cm³/mol. The van der Waals surface area contributed by atoms with Crippen molar-refractivity contribution in [3.8, 4) is 0 Å². The van der Waals surface area contributed by atoms with Crippen LogP contribution in [0.4, 0.5) is 0 Å². The molecule has 0 aromatic heterocycles. The maximum Gasteiger partial charge on any atom is 0.330 e. The zero-order chi connectivity index (χ0) is 12.9. The van der Waals surface area contributed by atoms with Crippen molar-refractivity contribution < 1.29 is 9.53 Å². The summed E-state index contributed by atoms with van der Waals surface area (Å²) in [7, 11) is 0. The molecule has 5 aliphatic rings. The van der Waals surface area contributed by atoms with Crippen LogP contribution in [0.3, 0.4) is 0 Å². The molecule has 4 unspecified atom stereocenters. The Labute approximate surface area is 114 Å². The standard InChI is InChI=1S/C17H22O2/c1-2-13(18)19-17-11-5-3-7-15(11)9-10-16(14(15)17)8-4-6-12(16)17/h2,11-12,14H,1,3-10H2. The molecular formula is C17H22O2. The normalized spacial score (nSPS) is 59.5. The highest BCUT2D eigenvalue weighted by Crippen LogP contribution is 2.91. The first-order valence-corrected chi connectivity index (χ1v) is 8.06. The maximum atomic E-state index is 11.9. The van der Waals surface area contributed by atoms with Crippen LogP contribution in [0.25, 0.3) is 0 Å². The summed E-state index contributed by atoms with van der Waals surface area (Å²) in [5.41, 5.74) is 1.12. The summed E-state index contributed by atoms with van der Waals surface area (Å²) in [6.45, 7) is 3.60. The fraction of sp³-hybridized carbons (Fsp3) is 0.824. The van der Waals surface area contributed by atoms with Crippen LogP contribution < -0.4 is 0 Å². The number of esters is 1. The van der Waals surface area contributed by atoms with E-state index in [1.807, 2.05) is 0 Å². The Balaban J connectivity index is 1.62. The number of rotatable bonds is 2. The molecule has 4 atom stereocenters. The van der Waals surface area contributed by atoms with Crippen molar-refractivity contribution in [3.63, 3.8) is 0 Å². The van der Waals surface area contributed by atoms with E-state index in [4.69, 9.17) is 4.74 Å². The van der Waals surface area contributed by atoms with Gasteiger partial charge in [0, 0.05) is 23.8 Å². The van der Waals surface area contributed by atoms with E-state index in [9.17, 15) is 4.79 Å². The molecule has 0 N–H and O–H groups in total. The fourth-order valence-corrected chi connectivity index (χ4v) is 7.93. The van der Waals surface area contributed by atoms with Gasteiger partial charge in [0.1, 0.15) is 5.60 Å². The summed E-state index contributed by atoms with van der Waals surface area (Å²) < 4.78 is 6.06. The Kier molecular flexibility index (Phi) is 1.69. The number of hydrogen-bond donors (Lipinski definition) is 0. The average Bonchev–Trinajstić information content (AvgIpc) is 3.02. The van der Waals surface area contributed by atoms with Crippen LogP contribution in [0.5, 0.6) is 0 Å². The third-order valence-electron chi connectivity index (χ3n) is 7.85. The van der Waals surface area contributed by atoms with Crippen LogP contribution in [0.2, 0.25) is 0 Å². The minimum absolute atomic E-state index is 0.0469. The van der Waals surface area contributed by atoms with Crippen molar-refractivity contribution in [1.82, 2.24) is 0 Å². The van der Waals surface area contributed by atoms with Gasteiger partial charge in [-0.1, -0.05) is 19.4 Å². The van der Waals surface area contributed by atoms with Crippen LogP contribution in [0, 0.1) is 28.6 Å². The average molecular weight is 258 g/mol. The van der Waals surface area contributed by atoms with Crippen LogP contribution in [-0.4, -0.2) is 11.6 Å². The van der Waals surface area contributed by atoms with E-state index >= 15 is 0 Å². The largest absolute Gasteiger partial charge is 0.455 e. The Hall–Kier alpha value is -0.790.